The minimum atomic E-state index is -4.61. The lowest BCUT2D eigenvalue weighted by molar-refractivity contribution is -0.169. The van der Waals surface area contributed by atoms with Gasteiger partial charge in [0, 0.05) is 12.6 Å². The van der Waals surface area contributed by atoms with Gasteiger partial charge in [-0.1, -0.05) is 0 Å². The predicted octanol–water partition coefficient (Wildman–Crippen LogP) is 1.49. The minimum Gasteiger partial charge on any atom is -0.349 e. The number of alkyl halides is 4. The highest BCUT2D eigenvalue weighted by atomic mass is 19.3. The maximum Gasteiger partial charge on any atom is 0.383 e. The fourth-order valence-corrected chi connectivity index (χ4v) is 1.77. The minimum absolute atomic E-state index is 0.0405. The number of nitrogens with zero attached hydrogens (tertiary/aromatic N) is 1. The maximum absolute atomic E-state index is 12.6. The number of amides is 1. The molecule has 7 heteroatoms. The smallest absolute Gasteiger partial charge is 0.349 e. The Hall–Kier alpha value is -0.850. The Balaban J connectivity index is 2.37. The molecule has 1 saturated heterocycles. The number of halogens is 4. The molecule has 1 aliphatic rings. The summed E-state index contributed by atoms with van der Waals surface area (Å²) in [5, 5.41) is 1.87. The van der Waals surface area contributed by atoms with Crippen LogP contribution in [0.3, 0.4) is 0 Å². The van der Waals surface area contributed by atoms with Gasteiger partial charge in [0.05, 0.1) is 0 Å². The van der Waals surface area contributed by atoms with Crippen LogP contribution in [0.5, 0.6) is 0 Å². The summed E-state index contributed by atoms with van der Waals surface area (Å²) in [6, 6.07) is -0.116. The topological polar surface area (TPSA) is 32.3 Å². The molecular formula is C10H16F4N2O. The number of hydrogen-bond donors (Lipinski definition) is 1. The number of likely N-dealkylation sites (tertiary alicyclic amines) is 1. The Bertz CT molecular complexity index is 267. The van der Waals surface area contributed by atoms with Crippen LogP contribution >= 0.6 is 0 Å². The van der Waals surface area contributed by atoms with E-state index in [0.717, 1.165) is 25.9 Å². The van der Waals surface area contributed by atoms with E-state index in [9.17, 15) is 22.4 Å². The lowest BCUT2D eigenvalue weighted by atomic mass is 10.2. The Kier molecular flexibility index (Phi) is 4.73. The molecule has 1 rings (SSSR count). The van der Waals surface area contributed by atoms with Gasteiger partial charge >= 0.3 is 12.3 Å². The van der Waals surface area contributed by atoms with E-state index in [1.807, 2.05) is 10.2 Å². The molecule has 17 heavy (non-hydrogen) atoms. The molecule has 1 amide bonds. The van der Waals surface area contributed by atoms with Crippen LogP contribution in [0.4, 0.5) is 17.6 Å². The Morgan fingerprint density at radius 1 is 1.35 bits per heavy atom. The van der Waals surface area contributed by atoms with Crippen molar-refractivity contribution in [1.82, 2.24) is 10.2 Å². The summed E-state index contributed by atoms with van der Waals surface area (Å²) in [5.41, 5.74) is 0. The van der Waals surface area contributed by atoms with Crippen molar-refractivity contribution in [2.75, 3.05) is 19.6 Å². The first kappa shape index (κ1) is 14.2. The highest BCUT2D eigenvalue weighted by Crippen LogP contribution is 2.22. The van der Waals surface area contributed by atoms with Gasteiger partial charge in [0.2, 0.25) is 0 Å². The molecule has 1 aliphatic heterocycles. The van der Waals surface area contributed by atoms with Gasteiger partial charge in [0.1, 0.15) is 0 Å². The highest BCUT2D eigenvalue weighted by Gasteiger charge is 2.48. The summed E-state index contributed by atoms with van der Waals surface area (Å²) in [7, 11) is 0. The second-order valence-electron chi connectivity index (χ2n) is 4.23. The van der Waals surface area contributed by atoms with Crippen molar-refractivity contribution in [2.24, 2.45) is 0 Å². The van der Waals surface area contributed by atoms with Crippen molar-refractivity contribution < 1.29 is 22.4 Å². The molecule has 1 unspecified atom stereocenters. The molecule has 0 aliphatic carbocycles. The Morgan fingerprint density at radius 3 is 2.35 bits per heavy atom. The van der Waals surface area contributed by atoms with E-state index in [-0.39, 0.29) is 12.6 Å². The molecule has 100 valence electrons. The Labute approximate surface area is 97.2 Å². The van der Waals surface area contributed by atoms with Crippen molar-refractivity contribution >= 4 is 5.91 Å². The number of carbonyl (C=O) groups excluding carboxylic acids is 1. The standard InChI is InChI=1S/C10H16F4N2O/c1-7(16-4-2-3-5-16)6-15-9(17)10(13,14)8(11)12/h7-8H,2-6H2,1H3,(H,15,17). The van der Waals surface area contributed by atoms with Gasteiger partial charge in [0.15, 0.2) is 0 Å². The Morgan fingerprint density at radius 2 is 1.88 bits per heavy atom. The van der Waals surface area contributed by atoms with Crippen molar-refractivity contribution in [1.29, 1.82) is 0 Å². The molecular weight excluding hydrogens is 240 g/mol. The fraction of sp³-hybridized carbons (Fsp3) is 0.900. The van der Waals surface area contributed by atoms with Gasteiger partial charge in [-0.3, -0.25) is 9.69 Å². The van der Waals surface area contributed by atoms with Gasteiger partial charge in [-0.15, -0.1) is 0 Å². The third kappa shape index (κ3) is 3.55. The van der Waals surface area contributed by atoms with Crippen molar-refractivity contribution in [2.45, 2.75) is 38.2 Å². The van der Waals surface area contributed by atoms with E-state index in [1.54, 1.807) is 6.92 Å². The van der Waals surface area contributed by atoms with Gasteiger partial charge in [-0.25, -0.2) is 8.78 Å². The summed E-state index contributed by atoms with van der Waals surface area (Å²) in [6.45, 7) is 3.43. The lowest BCUT2D eigenvalue weighted by Gasteiger charge is -2.24. The zero-order valence-electron chi connectivity index (χ0n) is 9.56. The lowest BCUT2D eigenvalue weighted by Crippen LogP contribution is -2.49. The van der Waals surface area contributed by atoms with E-state index in [0.29, 0.717) is 0 Å². The summed E-state index contributed by atoms with van der Waals surface area (Å²) in [6.07, 6.45) is -1.90. The van der Waals surface area contributed by atoms with E-state index in [2.05, 4.69) is 0 Å². The maximum atomic E-state index is 12.6. The molecule has 0 radical (unpaired) electrons. The van der Waals surface area contributed by atoms with Crippen LogP contribution in [-0.4, -0.2) is 48.8 Å². The first-order valence-corrected chi connectivity index (χ1v) is 5.54. The fourth-order valence-electron chi connectivity index (χ4n) is 1.77. The molecule has 0 aromatic rings. The van der Waals surface area contributed by atoms with Gasteiger partial charge in [0.25, 0.3) is 5.91 Å². The first-order valence-electron chi connectivity index (χ1n) is 5.54. The third-order valence-electron chi connectivity index (χ3n) is 2.90. The molecule has 1 heterocycles. The molecule has 3 nitrogen and oxygen atoms in total. The molecule has 1 N–H and O–H groups in total. The van der Waals surface area contributed by atoms with E-state index in [1.165, 1.54) is 0 Å². The third-order valence-corrected chi connectivity index (χ3v) is 2.90. The molecule has 0 spiro atoms. The van der Waals surface area contributed by atoms with E-state index >= 15 is 0 Å². The van der Waals surface area contributed by atoms with Crippen LogP contribution in [-0.2, 0) is 4.79 Å². The van der Waals surface area contributed by atoms with Gasteiger partial charge < -0.3 is 5.32 Å². The summed E-state index contributed by atoms with van der Waals surface area (Å²) in [4.78, 5) is 12.9. The molecule has 1 atom stereocenters. The first-order chi connectivity index (χ1) is 7.85. The quantitative estimate of drug-likeness (QED) is 0.756. The number of hydrogen-bond acceptors (Lipinski definition) is 2. The highest BCUT2D eigenvalue weighted by molar-refractivity contribution is 5.83. The summed E-state index contributed by atoms with van der Waals surface area (Å²) < 4.78 is 48.9. The zero-order chi connectivity index (χ0) is 13.1. The second kappa shape index (κ2) is 5.66. The van der Waals surface area contributed by atoms with Crippen LogP contribution in [0.15, 0.2) is 0 Å². The molecule has 1 fully saturated rings. The average molecular weight is 256 g/mol. The average Bonchev–Trinajstić information content (AvgIpc) is 2.78. The normalized spacial score (nSPS) is 19.6. The van der Waals surface area contributed by atoms with E-state index in [4.69, 9.17) is 0 Å². The van der Waals surface area contributed by atoms with Crippen LogP contribution < -0.4 is 5.32 Å². The predicted molar refractivity (Wildman–Crippen MR) is 54.2 cm³/mol. The summed E-state index contributed by atoms with van der Waals surface area (Å²) >= 11 is 0. The molecule has 0 saturated carbocycles. The number of nitrogens with one attached hydrogen (secondary N) is 1. The molecule has 0 aromatic carbocycles. The zero-order valence-corrected chi connectivity index (χ0v) is 9.56. The van der Waals surface area contributed by atoms with Crippen LogP contribution in [0.1, 0.15) is 19.8 Å². The van der Waals surface area contributed by atoms with Crippen LogP contribution in [0.25, 0.3) is 0 Å². The van der Waals surface area contributed by atoms with Crippen molar-refractivity contribution in [3.05, 3.63) is 0 Å². The number of rotatable bonds is 5. The second-order valence-corrected chi connectivity index (χ2v) is 4.23. The largest absolute Gasteiger partial charge is 0.383 e. The van der Waals surface area contributed by atoms with E-state index < -0.39 is 18.3 Å². The number of carbonyl (C=O) groups is 1. The van der Waals surface area contributed by atoms with Crippen molar-refractivity contribution in [3.63, 3.8) is 0 Å². The summed E-state index contributed by atoms with van der Waals surface area (Å²) in [5.74, 6) is -6.51. The monoisotopic (exact) mass is 256 g/mol. The van der Waals surface area contributed by atoms with Gasteiger partial charge in [-0.2, -0.15) is 8.78 Å². The SMILES string of the molecule is CC(CNC(=O)C(F)(F)C(F)F)N1CCCC1. The van der Waals surface area contributed by atoms with Crippen LogP contribution in [0.2, 0.25) is 0 Å². The van der Waals surface area contributed by atoms with Crippen LogP contribution in [0, 0.1) is 0 Å². The molecule has 0 aromatic heterocycles. The molecule has 0 bridgehead atoms. The van der Waals surface area contributed by atoms with Gasteiger partial charge in [-0.05, 0) is 32.9 Å². The van der Waals surface area contributed by atoms with Crippen molar-refractivity contribution in [3.8, 4) is 0 Å².